The minimum Gasteiger partial charge on any atom is -0.383 e. The maximum absolute atomic E-state index is 5.59. The van der Waals surface area contributed by atoms with Crippen molar-refractivity contribution < 1.29 is 4.74 Å². The number of hydrogen-bond acceptors (Lipinski definition) is 2. The summed E-state index contributed by atoms with van der Waals surface area (Å²) in [6.45, 7) is 7.93. The Morgan fingerprint density at radius 1 is 1.47 bits per heavy atom. The number of aromatic nitrogens is 1. The van der Waals surface area contributed by atoms with Crippen LogP contribution in [0.1, 0.15) is 29.9 Å². The van der Waals surface area contributed by atoms with Gasteiger partial charge in [-0.15, -0.1) is 0 Å². The van der Waals surface area contributed by atoms with E-state index >= 15 is 0 Å². The molecular weight excluding hydrogens is 188 g/mol. The molecular formula is C12H22N2O. The summed E-state index contributed by atoms with van der Waals surface area (Å²) >= 11 is 0. The first-order valence-corrected chi connectivity index (χ1v) is 5.48. The van der Waals surface area contributed by atoms with Crippen molar-refractivity contribution in [2.45, 2.75) is 33.2 Å². The van der Waals surface area contributed by atoms with Gasteiger partial charge in [0.05, 0.1) is 12.6 Å². The third-order valence-electron chi connectivity index (χ3n) is 2.85. The molecule has 0 aliphatic heterocycles. The Hall–Kier alpha value is -0.800. The topological polar surface area (TPSA) is 40.2 Å². The fraction of sp³-hybridized carbons (Fsp3) is 0.667. The molecule has 0 radical (unpaired) electrons. The van der Waals surface area contributed by atoms with E-state index in [1.807, 2.05) is 0 Å². The standard InChI is InChI=1S/C12H22N2O/c1-9-7-12(5-6-13)11(3)14(9)10(2)8-15-4/h7,10H,5-6,8,13H2,1-4H3. The minimum absolute atomic E-state index is 0.390. The average molecular weight is 210 g/mol. The molecule has 0 aromatic carbocycles. The van der Waals surface area contributed by atoms with Crippen molar-refractivity contribution in [1.29, 1.82) is 0 Å². The zero-order valence-corrected chi connectivity index (χ0v) is 10.2. The second-order valence-electron chi connectivity index (χ2n) is 4.11. The van der Waals surface area contributed by atoms with Gasteiger partial charge in [0.25, 0.3) is 0 Å². The van der Waals surface area contributed by atoms with Crippen LogP contribution in [0.4, 0.5) is 0 Å². The Balaban J connectivity index is 2.96. The summed E-state index contributed by atoms with van der Waals surface area (Å²) in [5.74, 6) is 0. The number of rotatable bonds is 5. The van der Waals surface area contributed by atoms with E-state index in [4.69, 9.17) is 10.5 Å². The molecule has 15 heavy (non-hydrogen) atoms. The first kappa shape index (κ1) is 12.3. The van der Waals surface area contributed by atoms with Crippen molar-refractivity contribution in [3.63, 3.8) is 0 Å². The summed E-state index contributed by atoms with van der Waals surface area (Å²) in [5.41, 5.74) is 9.56. The smallest absolute Gasteiger partial charge is 0.0667 e. The van der Waals surface area contributed by atoms with E-state index in [2.05, 4.69) is 31.4 Å². The highest BCUT2D eigenvalue weighted by Crippen LogP contribution is 2.20. The molecule has 0 spiro atoms. The quantitative estimate of drug-likeness (QED) is 0.805. The third-order valence-corrected chi connectivity index (χ3v) is 2.85. The molecule has 0 aliphatic rings. The molecule has 3 heteroatoms. The Labute approximate surface area is 92.2 Å². The molecule has 1 aromatic heterocycles. The van der Waals surface area contributed by atoms with Crippen LogP contribution >= 0.6 is 0 Å². The highest BCUT2D eigenvalue weighted by atomic mass is 16.5. The van der Waals surface area contributed by atoms with Crippen LogP contribution in [-0.2, 0) is 11.2 Å². The molecule has 1 rings (SSSR count). The molecule has 0 saturated heterocycles. The van der Waals surface area contributed by atoms with E-state index in [1.165, 1.54) is 17.0 Å². The van der Waals surface area contributed by atoms with Gasteiger partial charge in [-0.3, -0.25) is 0 Å². The zero-order valence-electron chi connectivity index (χ0n) is 10.2. The number of aryl methyl sites for hydroxylation is 1. The second-order valence-corrected chi connectivity index (χ2v) is 4.11. The van der Waals surface area contributed by atoms with E-state index in [1.54, 1.807) is 7.11 Å². The summed E-state index contributed by atoms with van der Waals surface area (Å²) < 4.78 is 7.52. The molecule has 0 saturated carbocycles. The van der Waals surface area contributed by atoms with Crippen molar-refractivity contribution in [2.24, 2.45) is 5.73 Å². The van der Waals surface area contributed by atoms with Gasteiger partial charge in [0.1, 0.15) is 0 Å². The van der Waals surface area contributed by atoms with Crippen LogP contribution in [0.5, 0.6) is 0 Å². The molecule has 0 fully saturated rings. The minimum atomic E-state index is 0.390. The van der Waals surface area contributed by atoms with Gasteiger partial charge in [-0.25, -0.2) is 0 Å². The summed E-state index contributed by atoms with van der Waals surface area (Å²) in [6.07, 6.45) is 0.958. The number of ether oxygens (including phenoxy) is 1. The maximum atomic E-state index is 5.59. The number of hydrogen-bond donors (Lipinski definition) is 1. The lowest BCUT2D eigenvalue weighted by Crippen LogP contribution is -2.14. The Morgan fingerprint density at radius 2 is 2.13 bits per heavy atom. The molecule has 2 N–H and O–H groups in total. The van der Waals surface area contributed by atoms with Crippen molar-refractivity contribution in [3.8, 4) is 0 Å². The predicted molar refractivity (Wildman–Crippen MR) is 63.3 cm³/mol. The monoisotopic (exact) mass is 210 g/mol. The Bertz CT molecular complexity index is 318. The van der Waals surface area contributed by atoms with E-state index in [0.717, 1.165) is 13.0 Å². The van der Waals surface area contributed by atoms with E-state index in [0.29, 0.717) is 12.6 Å². The first-order chi connectivity index (χ1) is 7.11. The van der Waals surface area contributed by atoms with Crippen LogP contribution in [0.2, 0.25) is 0 Å². The van der Waals surface area contributed by atoms with Gasteiger partial charge in [0, 0.05) is 18.5 Å². The number of nitrogens with zero attached hydrogens (tertiary/aromatic N) is 1. The van der Waals surface area contributed by atoms with Gasteiger partial charge in [-0.05, 0) is 45.4 Å². The fourth-order valence-electron chi connectivity index (χ4n) is 2.25. The molecule has 0 bridgehead atoms. The summed E-state index contributed by atoms with van der Waals surface area (Å²) in [7, 11) is 1.74. The highest BCUT2D eigenvalue weighted by Gasteiger charge is 2.13. The van der Waals surface area contributed by atoms with Gasteiger partial charge >= 0.3 is 0 Å². The second kappa shape index (κ2) is 5.33. The van der Waals surface area contributed by atoms with Crippen molar-refractivity contribution in [3.05, 3.63) is 23.0 Å². The molecule has 0 aliphatic carbocycles. The van der Waals surface area contributed by atoms with Gasteiger partial charge < -0.3 is 15.0 Å². The maximum Gasteiger partial charge on any atom is 0.0667 e. The highest BCUT2D eigenvalue weighted by molar-refractivity contribution is 5.27. The van der Waals surface area contributed by atoms with Gasteiger partial charge in [-0.1, -0.05) is 0 Å². The zero-order chi connectivity index (χ0) is 11.4. The van der Waals surface area contributed by atoms with Crippen LogP contribution in [0, 0.1) is 13.8 Å². The van der Waals surface area contributed by atoms with Crippen molar-refractivity contribution in [1.82, 2.24) is 4.57 Å². The molecule has 1 unspecified atom stereocenters. The third kappa shape index (κ3) is 2.61. The Kier molecular flexibility index (Phi) is 4.36. The lowest BCUT2D eigenvalue weighted by Gasteiger charge is -2.17. The number of nitrogens with two attached hydrogens (primary N) is 1. The Morgan fingerprint density at radius 3 is 2.67 bits per heavy atom. The fourth-order valence-corrected chi connectivity index (χ4v) is 2.25. The van der Waals surface area contributed by atoms with Crippen LogP contribution in [0.3, 0.4) is 0 Å². The SMILES string of the molecule is COCC(C)n1c(C)cc(CCN)c1C. The number of methoxy groups -OCH3 is 1. The van der Waals surface area contributed by atoms with Crippen molar-refractivity contribution >= 4 is 0 Å². The molecule has 3 nitrogen and oxygen atoms in total. The van der Waals surface area contributed by atoms with Crippen LogP contribution in [0.15, 0.2) is 6.07 Å². The molecule has 1 heterocycles. The summed E-state index contributed by atoms with van der Waals surface area (Å²) in [6, 6.07) is 2.62. The van der Waals surface area contributed by atoms with Crippen LogP contribution in [0.25, 0.3) is 0 Å². The molecule has 86 valence electrons. The largest absolute Gasteiger partial charge is 0.383 e. The summed E-state index contributed by atoms with van der Waals surface area (Å²) in [4.78, 5) is 0. The lowest BCUT2D eigenvalue weighted by molar-refractivity contribution is 0.160. The molecule has 1 aromatic rings. The molecule has 0 amide bonds. The van der Waals surface area contributed by atoms with Gasteiger partial charge in [0.15, 0.2) is 0 Å². The summed E-state index contributed by atoms with van der Waals surface area (Å²) in [5, 5.41) is 0. The van der Waals surface area contributed by atoms with Gasteiger partial charge in [-0.2, -0.15) is 0 Å². The lowest BCUT2D eigenvalue weighted by atomic mass is 10.2. The van der Waals surface area contributed by atoms with Crippen LogP contribution < -0.4 is 5.73 Å². The molecule has 1 atom stereocenters. The van der Waals surface area contributed by atoms with Gasteiger partial charge in [0.2, 0.25) is 0 Å². The van der Waals surface area contributed by atoms with Crippen molar-refractivity contribution in [2.75, 3.05) is 20.3 Å². The average Bonchev–Trinajstić information content (AvgIpc) is 2.43. The van der Waals surface area contributed by atoms with E-state index < -0.39 is 0 Å². The van der Waals surface area contributed by atoms with Crippen LogP contribution in [-0.4, -0.2) is 24.8 Å². The van der Waals surface area contributed by atoms with E-state index in [-0.39, 0.29) is 0 Å². The normalized spacial score (nSPS) is 13.1. The predicted octanol–water partition coefficient (Wildman–Crippen LogP) is 1.81. The first-order valence-electron chi connectivity index (χ1n) is 5.48. The van der Waals surface area contributed by atoms with E-state index in [9.17, 15) is 0 Å².